The smallest absolute Gasteiger partial charge is 0.139 e. The molecule has 1 aromatic carbocycles. The van der Waals surface area contributed by atoms with Crippen LogP contribution in [0.15, 0.2) is 64.0 Å². The van der Waals surface area contributed by atoms with E-state index in [0.29, 0.717) is 39.5 Å². The van der Waals surface area contributed by atoms with Crippen LogP contribution < -0.4 is 0 Å². The molecule has 0 saturated heterocycles. The summed E-state index contributed by atoms with van der Waals surface area (Å²) in [6.45, 7) is 1.39. The summed E-state index contributed by atoms with van der Waals surface area (Å²) in [5.41, 5.74) is 3.20. The zero-order chi connectivity index (χ0) is 19.9. The monoisotopic (exact) mass is 383 g/mol. The van der Waals surface area contributed by atoms with E-state index in [-0.39, 0.29) is 19.0 Å². The van der Waals surface area contributed by atoms with Crippen molar-refractivity contribution in [2.24, 2.45) is 0 Å². The topological polar surface area (TPSA) is 105 Å². The molecule has 3 heterocycles. The van der Waals surface area contributed by atoms with Crippen LogP contribution in [-0.2, 0) is 13.2 Å². The molecule has 0 fully saturated rings. The molecule has 0 radical (unpaired) electrons. The molecule has 0 amide bonds. The number of nitrogens with zero attached hydrogens (tertiary/aromatic N) is 3. The maximum absolute atomic E-state index is 13.4. The second kappa shape index (κ2) is 9.03. The minimum absolute atomic E-state index is 0.0879. The van der Waals surface area contributed by atoms with Crippen molar-refractivity contribution < 1.29 is 23.6 Å². The van der Waals surface area contributed by atoms with Crippen LogP contribution in [0.25, 0.3) is 22.6 Å². The molecule has 7 nitrogen and oxygen atoms in total. The van der Waals surface area contributed by atoms with Crippen molar-refractivity contribution >= 4 is 0 Å². The number of aromatic nitrogens is 3. The van der Waals surface area contributed by atoms with E-state index in [9.17, 15) is 4.39 Å². The molecule has 0 aliphatic heterocycles. The summed E-state index contributed by atoms with van der Waals surface area (Å²) in [7, 11) is 0. The van der Waals surface area contributed by atoms with Gasteiger partial charge in [-0.2, -0.15) is 0 Å². The molecule has 0 saturated carbocycles. The molecule has 0 spiro atoms. The highest BCUT2D eigenvalue weighted by Crippen LogP contribution is 2.27. The Morgan fingerprint density at radius 2 is 1.75 bits per heavy atom. The van der Waals surface area contributed by atoms with Gasteiger partial charge in [-0.15, -0.1) is 0 Å². The summed E-state index contributed by atoms with van der Waals surface area (Å²) in [5, 5.41) is 25.6. The van der Waals surface area contributed by atoms with Crippen molar-refractivity contribution in [2.75, 3.05) is 0 Å². The summed E-state index contributed by atoms with van der Waals surface area (Å²) in [5.74, 6) is 0.135. The van der Waals surface area contributed by atoms with Gasteiger partial charge in [0.25, 0.3) is 0 Å². The van der Waals surface area contributed by atoms with Crippen LogP contribution in [0.1, 0.15) is 16.9 Å². The Morgan fingerprint density at radius 1 is 0.964 bits per heavy atom. The molecular weight excluding hydrogens is 365 g/mol. The lowest BCUT2D eigenvalue weighted by molar-refractivity contribution is 0.278. The largest absolute Gasteiger partial charge is 0.391 e. The number of aryl methyl sites for hydroxylation is 1. The zero-order valence-corrected chi connectivity index (χ0v) is 15.0. The summed E-state index contributed by atoms with van der Waals surface area (Å²) in [6, 6.07) is 11.8. The fourth-order valence-corrected chi connectivity index (χ4v) is 2.53. The van der Waals surface area contributed by atoms with Gasteiger partial charge < -0.3 is 19.3 Å². The SMILES string of the molecule is Cc1onc(-c2ccccc2F)c1CO.OCc1conc1-c1ccccn1. The van der Waals surface area contributed by atoms with Gasteiger partial charge in [-0.05, 0) is 31.2 Å². The molecule has 4 aromatic rings. The Morgan fingerprint density at radius 3 is 2.43 bits per heavy atom. The number of pyridine rings is 1. The maximum atomic E-state index is 13.4. The highest BCUT2D eigenvalue weighted by Gasteiger charge is 2.16. The van der Waals surface area contributed by atoms with Gasteiger partial charge in [0.15, 0.2) is 0 Å². The number of hydrogen-bond acceptors (Lipinski definition) is 7. The predicted octanol–water partition coefficient (Wildman–Crippen LogP) is 3.51. The van der Waals surface area contributed by atoms with Crippen molar-refractivity contribution in [1.82, 2.24) is 15.3 Å². The fraction of sp³-hybridized carbons (Fsp3) is 0.150. The molecule has 0 bridgehead atoms. The third-order valence-corrected chi connectivity index (χ3v) is 3.99. The average Bonchev–Trinajstić information content (AvgIpc) is 3.35. The van der Waals surface area contributed by atoms with Gasteiger partial charge in [0.05, 0.1) is 18.9 Å². The van der Waals surface area contributed by atoms with Gasteiger partial charge in [0.1, 0.15) is 29.2 Å². The number of aliphatic hydroxyl groups is 2. The number of benzene rings is 1. The summed E-state index contributed by atoms with van der Waals surface area (Å²) < 4.78 is 23.1. The van der Waals surface area contributed by atoms with E-state index in [1.807, 2.05) is 18.2 Å². The van der Waals surface area contributed by atoms with Crippen LogP contribution in [0.3, 0.4) is 0 Å². The van der Waals surface area contributed by atoms with Gasteiger partial charge in [-0.25, -0.2) is 4.39 Å². The molecule has 4 rings (SSSR count). The molecule has 28 heavy (non-hydrogen) atoms. The zero-order valence-electron chi connectivity index (χ0n) is 15.0. The molecule has 0 atom stereocenters. The molecule has 0 unspecified atom stereocenters. The summed E-state index contributed by atoms with van der Waals surface area (Å²) in [6.07, 6.45) is 3.09. The first-order chi connectivity index (χ1) is 13.7. The standard InChI is InChI=1S/C11H10FNO2.C9H8N2O2/c1-7-9(6-14)11(13-15-7)8-4-2-3-5-10(8)12;12-5-7-6-13-11-9(7)8-3-1-2-4-10-8/h2-5,14H,6H2,1H3;1-4,6,12H,5H2. The van der Waals surface area contributed by atoms with Crippen LogP contribution in [-0.4, -0.2) is 25.5 Å². The number of aliphatic hydroxyl groups excluding tert-OH is 2. The first kappa shape index (κ1) is 19.4. The number of halogens is 1. The summed E-state index contributed by atoms with van der Waals surface area (Å²) >= 11 is 0. The Hall–Kier alpha value is -3.36. The van der Waals surface area contributed by atoms with E-state index in [4.69, 9.17) is 19.3 Å². The van der Waals surface area contributed by atoms with Crippen LogP contribution in [0, 0.1) is 12.7 Å². The van der Waals surface area contributed by atoms with E-state index < -0.39 is 0 Å². The second-order valence-electron chi connectivity index (χ2n) is 5.77. The van der Waals surface area contributed by atoms with Gasteiger partial charge in [0.2, 0.25) is 0 Å². The molecule has 0 aliphatic carbocycles. The number of rotatable bonds is 4. The van der Waals surface area contributed by atoms with Crippen molar-refractivity contribution in [3.05, 3.63) is 77.6 Å². The third-order valence-electron chi connectivity index (χ3n) is 3.99. The lowest BCUT2D eigenvalue weighted by Crippen LogP contribution is -1.90. The molecular formula is C20H18FN3O4. The van der Waals surface area contributed by atoms with Crippen molar-refractivity contribution in [1.29, 1.82) is 0 Å². The van der Waals surface area contributed by atoms with Gasteiger partial charge in [0, 0.05) is 22.9 Å². The van der Waals surface area contributed by atoms with Crippen LogP contribution in [0.5, 0.6) is 0 Å². The van der Waals surface area contributed by atoms with E-state index >= 15 is 0 Å². The van der Waals surface area contributed by atoms with E-state index in [1.165, 1.54) is 12.3 Å². The van der Waals surface area contributed by atoms with Gasteiger partial charge in [-0.3, -0.25) is 4.98 Å². The lowest BCUT2D eigenvalue weighted by Gasteiger charge is -2.00. The quantitative estimate of drug-likeness (QED) is 0.555. The first-order valence-electron chi connectivity index (χ1n) is 8.42. The number of hydrogen-bond donors (Lipinski definition) is 2. The van der Waals surface area contributed by atoms with Gasteiger partial charge in [-0.1, -0.05) is 28.5 Å². The second-order valence-corrected chi connectivity index (χ2v) is 5.77. The molecule has 144 valence electrons. The van der Waals surface area contributed by atoms with E-state index in [0.717, 1.165) is 0 Å². The van der Waals surface area contributed by atoms with Crippen molar-refractivity contribution in [2.45, 2.75) is 20.1 Å². The molecule has 3 aromatic heterocycles. The Bertz CT molecular complexity index is 1030. The predicted molar refractivity (Wildman–Crippen MR) is 98.2 cm³/mol. The highest BCUT2D eigenvalue weighted by atomic mass is 19.1. The maximum Gasteiger partial charge on any atom is 0.139 e. The van der Waals surface area contributed by atoms with Crippen molar-refractivity contribution in [3.8, 4) is 22.6 Å². The Labute approximate surface area is 160 Å². The minimum atomic E-state index is -0.375. The average molecular weight is 383 g/mol. The Kier molecular flexibility index (Phi) is 6.25. The highest BCUT2D eigenvalue weighted by molar-refractivity contribution is 5.63. The van der Waals surface area contributed by atoms with Crippen LogP contribution in [0.2, 0.25) is 0 Å². The molecule has 8 heteroatoms. The lowest BCUT2D eigenvalue weighted by atomic mass is 10.1. The fourth-order valence-electron chi connectivity index (χ4n) is 2.53. The first-order valence-corrected chi connectivity index (χ1v) is 8.42. The minimum Gasteiger partial charge on any atom is -0.391 e. The van der Waals surface area contributed by atoms with Gasteiger partial charge >= 0.3 is 0 Å². The Balaban J connectivity index is 0.000000162. The normalized spacial score (nSPS) is 10.4. The summed E-state index contributed by atoms with van der Waals surface area (Å²) in [4.78, 5) is 4.10. The van der Waals surface area contributed by atoms with Crippen LogP contribution >= 0.6 is 0 Å². The third kappa shape index (κ3) is 4.13. The molecule has 0 aliphatic rings. The van der Waals surface area contributed by atoms with E-state index in [1.54, 1.807) is 31.3 Å². The van der Waals surface area contributed by atoms with E-state index in [2.05, 4.69) is 15.3 Å². The van der Waals surface area contributed by atoms with Crippen LogP contribution in [0.4, 0.5) is 4.39 Å². The molecule has 2 N–H and O–H groups in total. The van der Waals surface area contributed by atoms with Crippen molar-refractivity contribution in [3.63, 3.8) is 0 Å².